The van der Waals surface area contributed by atoms with E-state index >= 15 is 0 Å². The second kappa shape index (κ2) is 10.7. The molecule has 2 atom stereocenters. The number of ether oxygens (including phenoxy) is 1. The van der Waals surface area contributed by atoms with Crippen LogP contribution in [0.2, 0.25) is 0 Å². The van der Waals surface area contributed by atoms with Crippen molar-refractivity contribution in [1.82, 2.24) is 15.3 Å². The number of benzene rings is 1. The summed E-state index contributed by atoms with van der Waals surface area (Å²) in [6, 6.07) is 5.03. The lowest BCUT2D eigenvalue weighted by atomic mass is 9.76. The van der Waals surface area contributed by atoms with Gasteiger partial charge in [-0.05, 0) is 69.6 Å². The molecule has 2 aliphatic heterocycles. The molecule has 1 saturated heterocycles. The van der Waals surface area contributed by atoms with Crippen LogP contribution in [-0.4, -0.2) is 71.9 Å². The van der Waals surface area contributed by atoms with Crippen molar-refractivity contribution in [3.05, 3.63) is 30.0 Å². The minimum atomic E-state index is -3.55. The summed E-state index contributed by atoms with van der Waals surface area (Å²) < 4.78 is 35.4. The summed E-state index contributed by atoms with van der Waals surface area (Å²) in [5.41, 5.74) is 7.15. The van der Waals surface area contributed by atoms with E-state index in [2.05, 4.69) is 27.5 Å². The number of methoxy groups -OCH3 is 1. The van der Waals surface area contributed by atoms with Gasteiger partial charge in [0.05, 0.1) is 31.6 Å². The molecule has 1 amide bonds. The first-order valence-electron chi connectivity index (χ1n) is 14.8. The third kappa shape index (κ3) is 5.08. The first-order valence-corrected chi connectivity index (χ1v) is 14.8. The molecule has 10 nitrogen and oxygen atoms in total. The average Bonchev–Trinajstić information content (AvgIpc) is 3.41. The van der Waals surface area contributed by atoms with Gasteiger partial charge in [0.2, 0.25) is 5.95 Å². The Labute approximate surface area is 244 Å². The van der Waals surface area contributed by atoms with Gasteiger partial charge in [-0.1, -0.05) is 12.8 Å². The zero-order chi connectivity index (χ0) is 29.8. The van der Waals surface area contributed by atoms with Gasteiger partial charge in [-0.25, -0.2) is 4.98 Å². The number of alkyl halides is 2. The van der Waals surface area contributed by atoms with E-state index in [9.17, 15) is 18.4 Å². The number of Topliss-reactive ketones (excluding diaryl/α,β-unsaturated/α-hetero) is 1. The van der Waals surface area contributed by atoms with E-state index in [-0.39, 0.29) is 41.1 Å². The van der Waals surface area contributed by atoms with Gasteiger partial charge in [-0.2, -0.15) is 13.8 Å². The predicted octanol–water partition coefficient (Wildman–Crippen LogP) is 4.02. The number of nitrogens with zero attached hydrogens (tertiary/aromatic N) is 4. The molecule has 2 saturated carbocycles. The highest BCUT2D eigenvalue weighted by Crippen LogP contribution is 2.44. The monoisotopic (exact) mass is 583 g/mol. The molecule has 2 aromatic rings. The number of anilines is 4. The van der Waals surface area contributed by atoms with Crippen LogP contribution in [-0.2, 0) is 4.79 Å². The summed E-state index contributed by atoms with van der Waals surface area (Å²) in [5, 5.41) is 6.57. The molecule has 1 aromatic carbocycles. The summed E-state index contributed by atoms with van der Waals surface area (Å²) in [4.78, 5) is 37.5. The van der Waals surface area contributed by atoms with Crippen LogP contribution in [0.25, 0.3) is 0 Å². The maximum absolute atomic E-state index is 14.9. The second-order valence-electron chi connectivity index (χ2n) is 12.4. The average molecular weight is 584 g/mol. The topological polar surface area (TPSA) is 136 Å². The molecule has 12 heteroatoms. The largest absolute Gasteiger partial charge is 0.495 e. The van der Waals surface area contributed by atoms with Crippen LogP contribution in [0.3, 0.4) is 0 Å². The van der Waals surface area contributed by atoms with Crippen LogP contribution >= 0.6 is 0 Å². The SMILES string of the molecule is COc1cc(C(=O)C2N[C@]2(C)C2CCC(N)CC2)ccc1Nc1ncc2c(n1)N(C1CCCC1)CC(F)(F)C(=O)N2C. The minimum absolute atomic E-state index is 0.0133. The highest BCUT2D eigenvalue weighted by Gasteiger charge is 2.58. The number of hydrogen-bond acceptors (Lipinski definition) is 9. The van der Waals surface area contributed by atoms with Crippen molar-refractivity contribution in [3.8, 4) is 5.75 Å². The smallest absolute Gasteiger partial charge is 0.342 e. The number of amides is 1. The lowest BCUT2D eigenvalue weighted by Gasteiger charge is -2.31. The van der Waals surface area contributed by atoms with Crippen molar-refractivity contribution in [3.63, 3.8) is 0 Å². The Hall–Kier alpha value is -3.38. The van der Waals surface area contributed by atoms with E-state index in [0.717, 1.165) is 56.3 Å². The van der Waals surface area contributed by atoms with E-state index < -0.39 is 18.4 Å². The van der Waals surface area contributed by atoms with Gasteiger partial charge >= 0.3 is 5.92 Å². The van der Waals surface area contributed by atoms with E-state index in [1.54, 1.807) is 23.1 Å². The van der Waals surface area contributed by atoms with Gasteiger partial charge in [0.25, 0.3) is 5.91 Å². The van der Waals surface area contributed by atoms with Crippen LogP contribution < -0.4 is 30.9 Å². The molecule has 226 valence electrons. The Kier molecular flexibility index (Phi) is 7.33. The summed E-state index contributed by atoms with van der Waals surface area (Å²) >= 11 is 0. The number of carbonyl (C=O) groups is 2. The number of nitrogens with one attached hydrogen (secondary N) is 2. The normalized spacial score (nSPS) is 29.2. The molecule has 3 fully saturated rings. The van der Waals surface area contributed by atoms with Crippen molar-refractivity contribution >= 4 is 34.8 Å². The number of ketones is 1. The lowest BCUT2D eigenvalue weighted by Crippen LogP contribution is -2.48. The molecular formula is C30H39F2N7O3. The molecule has 6 rings (SSSR count). The Bertz CT molecular complexity index is 1380. The van der Waals surface area contributed by atoms with Crippen LogP contribution in [0.1, 0.15) is 68.6 Å². The highest BCUT2D eigenvalue weighted by atomic mass is 19.3. The zero-order valence-corrected chi connectivity index (χ0v) is 24.3. The van der Waals surface area contributed by atoms with Gasteiger partial charge in [-0.3, -0.25) is 14.9 Å². The van der Waals surface area contributed by atoms with E-state index in [1.807, 2.05) is 0 Å². The van der Waals surface area contributed by atoms with Gasteiger partial charge in [0, 0.05) is 30.2 Å². The van der Waals surface area contributed by atoms with Gasteiger partial charge in [-0.15, -0.1) is 0 Å². The van der Waals surface area contributed by atoms with Crippen molar-refractivity contribution < 1.29 is 23.1 Å². The Morgan fingerprint density at radius 3 is 2.57 bits per heavy atom. The van der Waals surface area contributed by atoms with Crippen molar-refractivity contribution in [2.75, 3.05) is 35.8 Å². The number of aromatic nitrogens is 2. The first-order chi connectivity index (χ1) is 20.0. The molecule has 3 heterocycles. The van der Waals surface area contributed by atoms with Crippen molar-refractivity contribution in [2.45, 2.75) is 87.9 Å². The number of carbonyl (C=O) groups excluding carboxylic acids is 2. The Morgan fingerprint density at radius 1 is 1.17 bits per heavy atom. The Morgan fingerprint density at radius 2 is 1.88 bits per heavy atom. The van der Waals surface area contributed by atoms with E-state index in [1.165, 1.54) is 20.4 Å². The molecule has 0 radical (unpaired) electrons. The number of nitrogens with two attached hydrogens (primary N) is 1. The number of halogens is 2. The maximum Gasteiger partial charge on any atom is 0.342 e. The lowest BCUT2D eigenvalue weighted by molar-refractivity contribution is -0.140. The van der Waals surface area contributed by atoms with Gasteiger partial charge in [0.15, 0.2) is 11.6 Å². The predicted molar refractivity (Wildman–Crippen MR) is 156 cm³/mol. The highest BCUT2D eigenvalue weighted by molar-refractivity contribution is 6.04. The number of rotatable bonds is 7. The quantitative estimate of drug-likeness (QED) is 0.326. The third-order valence-corrected chi connectivity index (χ3v) is 9.72. The third-order valence-electron chi connectivity index (χ3n) is 9.72. The van der Waals surface area contributed by atoms with Crippen LogP contribution in [0.4, 0.5) is 31.9 Å². The fourth-order valence-electron chi connectivity index (χ4n) is 7.02. The van der Waals surface area contributed by atoms with E-state index in [4.69, 9.17) is 10.5 Å². The minimum Gasteiger partial charge on any atom is -0.495 e. The summed E-state index contributed by atoms with van der Waals surface area (Å²) in [6.07, 6.45) is 8.78. The summed E-state index contributed by atoms with van der Waals surface area (Å²) in [5.74, 6) is -3.50. The van der Waals surface area contributed by atoms with Crippen molar-refractivity contribution in [1.29, 1.82) is 0 Å². The molecular weight excluding hydrogens is 544 g/mol. The van der Waals surface area contributed by atoms with Crippen molar-refractivity contribution in [2.24, 2.45) is 11.7 Å². The van der Waals surface area contributed by atoms with Crippen LogP contribution in [0.15, 0.2) is 24.4 Å². The molecule has 4 N–H and O–H groups in total. The summed E-state index contributed by atoms with van der Waals surface area (Å²) in [7, 11) is 2.84. The van der Waals surface area contributed by atoms with Gasteiger partial charge in [0.1, 0.15) is 11.4 Å². The number of fused-ring (bicyclic) bond motifs is 1. The standard InChI is InChI=1S/C30H39F2N7O3/c1-29(18-9-11-19(33)12-10-18)25(37-29)24(40)17-8-13-21(23(14-17)42-3)35-28-34-15-22-26(36-28)39(20-6-4-5-7-20)16-30(31,32)27(41)38(22)2/h8,13-15,18-20,25,37H,4-7,9-12,16,33H2,1-3H3,(H,34,35,36)/t18?,19?,25?,29-/m1/s1. The van der Waals surface area contributed by atoms with Crippen LogP contribution in [0, 0.1) is 5.92 Å². The molecule has 2 aliphatic carbocycles. The first kappa shape index (κ1) is 28.7. The molecule has 0 spiro atoms. The summed E-state index contributed by atoms with van der Waals surface area (Å²) in [6.45, 7) is 1.39. The maximum atomic E-state index is 14.9. The molecule has 0 bridgehead atoms. The van der Waals surface area contributed by atoms with Gasteiger partial charge < -0.3 is 25.6 Å². The number of hydrogen-bond donors (Lipinski definition) is 3. The second-order valence-corrected chi connectivity index (χ2v) is 12.4. The molecule has 1 unspecified atom stereocenters. The zero-order valence-electron chi connectivity index (χ0n) is 24.3. The van der Waals surface area contributed by atoms with E-state index in [0.29, 0.717) is 28.7 Å². The molecule has 42 heavy (non-hydrogen) atoms. The molecule has 4 aliphatic rings. The van der Waals surface area contributed by atoms with Crippen LogP contribution in [0.5, 0.6) is 5.75 Å². The molecule has 1 aromatic heterocycles. The Balaban J connectivity index is 1.23. The fraction of sp³-hybridized carbons (Fsp3) is 0.600. The fourth-order valence-corrected chi connectivity index (χ4v) is 7.02.